The van der Waals surface area contributed by atoms with Crippen LogP contribution in [0, 0.1) is 10.1 Å². The van der Waals surface area contributed by atoms with Crippen LogP contribution in [0.4, 0.5) is 5.69 Å². The van der Waals surface area contributed by atoms with E-state index in [9.17, 15) is 10.1 Å². The Bertz CT molecular complexity index is 368. The average Bonchev–Trinajstić information content (AvgIpc) is 2.61. The number of nitrogens with one attached hydrogen (secondary N) is 1. The summed E-state index contributed by atoms with van der Waals surface area (Å²) in [4.78, 5) is 10.5. The Hall–Kier alpha value is -1.43. The lowest BCUT2D eigenvalue weighted by Crippen LogP contribution is -2.29. The summed E-state index contributed by atoms with van der Waals surface area (Å²) < 4.78 is 1.62. The molecule has 1 N–H and O–H groups in total. The predicted octanol–water partition coefficient (Wildman–Crippen LogP) is 0.795. The van der Waals surface area contributed by atoms with E-state index in [0.717, 1.165) is 31.6 Å². The maximum atomic E-state index is 10.8. The van der Waals surface area contributed by atoms with Crippen LogP contribution in [-0.2, 0) is 7.05 Å². The van der Waals surface area contributed by atoms with Gasteiger partial charge in [0.05, 0.1) is 4.92 Å². The van der Waals surface area contributed by atoms with E-state index in [4.69, 9.17) is 0 Å². The van der Waals surface area contributed by atoms with Crippen LogP contribution >= 0.6 is 0 Å². The van der Waals surface area contributed by atoms with Gasteiger partial charge < -0.3 is 5.32 Å². The van der Waals surface area contributed by atoms with Gasteiger partial charge in [-0.2, -0.15) is 5.10 Å². The van der Waals surface area contributed by atoms with Gasteiger partial charge >= 0.3 is 5.69 Å². The molecule has 1 saturated heterocycles. The van der Waals surface area contributed by atoms with E-state index in [1.807, 2.05) is 0 Å². The monoisotopic (exact) mass is 210 g/mol. The summed E-state index contributed by atoms with van der Waals surface area (Å²) in [6, 6.07) is 0. The lowest BCUT2D eigenvalue weighted by atomic mass is 9.95. The number of aromatic nitrogens is 2. The molecule has 6 heteroatoms. The molecule has 82 valence electrons. The van der Waals surface area contributed by atoms with Crippen LogP contribution in [-0.4, -0.2) is 27.8 Å². The molecule has 1 fully saturated rings. The van der Waals surface area contributed by atoms with Crippen LogP contribution < -0.4 is 5.32 Å². The molecular weight excluding hydrogens is 196 g/mol. The molecule has 0 aliphatic carbocycles. The summed E-state index contributed by atoms with van der Waals surface area (Å²) >= 11 is 0. The minimum Gasteiger partial charge on any atom is -0.316 e. The topological polar surface area (TPSA) is 73.0 Å². The maximum absolute atomic E-state index is 10.8. The molecule has 0 amide bonds. The number of nitro groups is 1. The zero-order valence-corrected chi connectivity index (χ0v) is 8.64. The van der Waals surface area contributed by atoms with Crippen molar-refractivity contribution in [1.82, 2.24) is 15.1 Å². The quantitative estimate of drug-likeness (QED) is 0.578. The predicted molar refractivity (Wildman–Crippen MR) is 54.7 cm³/mol. The zero-order valence-electron chi connectivity index (χ0n) is 8.64. The van der Waals surface area contributed by atoms with E-state index in [1.54, 1.807) is 11.7 Å². The van der Waals surface area contributed by atoms with Gasteiger partial charge in [-0.05, 0) is 19.4 Å². The molecule has 1 aliphatic rings. The Morgan fingerprint density at radius 1 is 1.73 bits per heavy atom. The van der Waals surface area contributed by atoms with Gasteiger partial charge in [-0.1, -0.05) is 0 Å². The number of nitrogens with zero attached hydrogens (tertiary/aromatic N) is 3. The molecule has 2 rings (SSSR count). The Balaban J connectivity index is 2.32. The number of hydrogen-bond acceptors (Lipinski definition) is 4. The van der Waals surface area contributed by atoms with Gasteiger partial charge in [-0.25, -0.2) is 0 Å². The summed E-state index contributed by atoms with van der Waals surface area (Å²) in [6.07, 6.45) is 3.39. The van der Waals surface area contributed by atoms with E-state index < -0.39 is 0 Å². The van der Waals surface area contributed by atoms with Crippen LogP contribution in [0.15, 0.2) is 6.20 Å². The molecule has 0 radical (unpaired) electrons. The normalized spacial score (nSPS) is 21.5. The molecule has 0 aromatic carbocycles. The van der Waals surface area contributed by atoms with Gasteiger partial charge in [0, 0.05) is 19.5 Å². The molecule has 0 spiro atoms. The van der Waals surface area contributed by atoms with Crippen LogP contribution in [0.1, 0.15) is 24.5 Å². The van der Waals surface area contributed by atoms with Crippen LogP contribution in [0.5, 0.6) is 0 Å². The molecule has 15 heavy (non-hydrogen) atoms. The lowest BCUT2D eigenvalue weighted by molar-refractivity contribution is -0.385. The largest absolute Gasteiger partial charge is 0.316 e. The molecule has 0 saturated carbocycles. The van der Waals surface area contributed by atoms with Gasteiger partial charge in [-0.3, -0.25) is 14.8 Å². The second-order valence-electron chi connectivity index (χ2n) is 3.84. The van der Waals surface area contributed by atoms with Crippen LogP contribution in [0.3, 0.4) is 0 Å². The molecule has 1 aromatic heterocycles. The fourth-order valence-electron chi connectivity index (χ4n) is 2.13. The van der Waals surface area contributed by atoms with Gasteiger partial charge in [-0.15, -0.1) is 0 Å². The average molecular weight is 210 g/mol. The first-order valence-corrected chi connectivity index (χ1v) is 5.07. The fourth-order valence-corrected chi connectivity index (χ4v) is 2.13. The second-order valence-corrected chi connectivity index (χ2v) is 3.84. The molecule has 1 atom stereocenters. The van der Waals surface area contributed by atoms with Crippen molar-refractivity contribution in [3.8, 4) is 0 Å². The number of piperidine rings is 1. The number of hydrogen-bond donors (Lipinski definition) is 1. The molecule has 2 heterocycles. The minimum atomic E-state index is -0.350. The number of aryl methyl sites for hydroxylation is 1. The summed E-state index contributed by atoms with van der Waals surface area (Å²) in [5.74, 6) is 0.214. The van der Waals surface area contributed by atoms with Crippen molar-refractivity contribution in [2.45, 2.75) is 18.8 Å². The van der Waals surface area contributed by atoms with Crippen molar-refractivity contribution in [1.29, 1.82) is 0 Å². The summed E-state index contributed by atoms with van der Waals surface area (Å²) in [7, 11) is 1.76. The molecular formula is C9H14N4O2. The third-order valence-electron chi connectivity index (χ3n) is 2.84. The SMILES string of the molecule is Cn1ncc([N+](=O)[O-])c1C1CCCNC1. The van der Waals surface area contributed by atoms with Crippen molar-refractivity contribution < 1.29 is 4.92 Å². The van der Waals surface area contributed by atoms with E-state index in [-0.39, 0.29) is 16.5 Å². The second kappa shape index (κ2) is 3.98. The smallest absolute Gasteiger partial charge is 0.310 e. The molecule has 6 nitrogen and oxygen atoms in total. The van der Waals surface area contributed by atoms with Crippen molar-refractivity contribution in [2.24, 2.45) is 7.05 Å². The molecule has 1 unspecified atom stereocenters. The van der Waals surface area contributed by atoms with Crippen molar-refractivity contribution in [3.63, 3.8) is 0 Å². The van der Waals surface area contributed by atoms with Gasteiger partial charge in [0.1, 0.15) is 11.9 Å². The highest BCUT2D eigenvalue weighted by Gasteiger charge is 2.27. The third kappa shape index (κ3) is 1.85. The first-order chi connectivity index (χ1) is 7.20. The van der Waals surface area contributed by atoms with Crippen molar-refractivity contribution in [3.05, 3.63) is 22.0 Å². The Kier molecular flexibility index (Phi) is 2.68. The molecule has 1 aromatic rings. The highest BCUT2D eigenvalue weighted by atomic mass is 16.6. The van der Waals surface area contributed by atoms with Crippen LogP contribution in [0.25, 0.3) is 0 Å². The van der Waals surface area contributed by atoms with E-state index >= 15 is 0 Å². The zero-order chi connectivity index (χ0) is 10.8. The Morgan fingerprint density at radius 2 is 2.53 bits per heavy atom. The molecule has 0 bridgehead atoms. The van der Waals surface area contributed by atoms with Crippen molar-refractivity contribution in [2.75, 3.05) is 13.1 Å². The summed E-state index contributed by atoms with van der Waals surface area (Å²) in [5.41, 5.74) is 0.887. The third-order valence-corrected chi connectivity index (χ3v) is 2.84. The van der Waals surface area contributed by atoms with Gasteiger partial charge in [0.2, 0.25) is 0 Å². The first kappa shape index (κ1) is 10.1. The summed E-state index contributed by atoms with van der Waals surface area (Å²) in [5, 5.41) is 18.0. The molecule has 1 aliphatic heterocycles. The fraction of sp³-hybridized carbons (Fsp3) is 0.667. The first-order valence-electron chi connectivity index (χ1n) is 5.07. The van der Waals surface area contributed by atoms with E-state index in [2.05, 4.69) is 10.4 Å². The minimum absolute atomic E-state index is 0.145. The van der Waals surface area contributed by atoms with Gasteiger partial charge in [0.25, 0.3) is 0 Å². The van der Waals surface area contributed by atoms with Crippen molar-refractivity contribution >= 4 is 5.69 Å². The Labute approximate surface area is 87.4 Å². The van der Waals surface area contributed by atoms with Gasteiger partial charge in [0.15, 0.2) is 0 Å². The lowest BCUT2D eigenvalue weighted by Gasteiger charge is -2.22. The highest BCUT2D eigenvalue weighted by molar-refractivity contribution is 5.36. The Morgan fingerprint density at radius 3 is 3.13 bits per heavy atom. The standard InChI is InChI=1S/C9H14N4O2/c1-12-9(7-3-2-4-10-5-7)8(6-11-12)13(14)15/h6-7,10H,2-5H2,1H3. The highest BCUT2D eigenvalue weighted by Crippen LogP contribution is 2.29. The maximum Gasteiger partial charge on any atom is 0.310 e. The van der Waals surface area contributed by atoms with E-state index in [1.165, 1.54) is 6.20 Å². The van der Waals surface area contributed by atoms with E-state index in [0.29, 0.717) is 0 Å². The van der Waals surface area contributed by atoms with Crippen LogP contribution in [0.2, 0.25) is 0 Å². The summed E-state index contributed by atoms with van der Waals surface area (Å²) in [6.45, 7) is 1.81. The number of rotatable bonds is 2.